The second-order valence-corrected chi connectivity index (χ2v) is 4.23. The normalized spacial score (nSPS) is 9.67. The SMILES string of the molecule is COc1ccc(OCc2ccc(C#CCO)cc2F)cc1. The number of methoxy groups -OCH3 is 1. The molecule has 0 spiro atoms. The fourth-order valence-electron chi connectivity index (χ4n) is 1.72. The first-order chi connectivity index (χ1) is 10.2. The molecule has 108 valence electrons. The summed E-state index contributed by atoms with van der Waals surface area (Å²) in [5.74, 6) is 6.12. The van der Waals surface area contributed by atoms with Crippen molar-refractivity contribution in [1.29, 1.82) is 0 Å². The van der Waals surface area contributed by atoms with Gasteiger partial charge in [0.2, 0.25) is 0 Å². The van der Waals surface area contributed by atoms with Crippen molar-refractivity contribution < 1.29 is 19.0 Å². The van der Waals surface area contributed by atoms with Gasteiger partial charge in [0.25, 0.3) is 0 Å². The first-order valence-electron chi connectivity index (χ1n) is 6.38. The molecule has 4 heteroatoms. The summed E-state index contributed by atoms with van der Waals surface area (Å²) in [5.41, 5.74) is 0.968. The Labute approximate surface area is 122 Å². The van der Waals surface area contributed by atoms with E-state index in [-0.39, 0.29) is 19.0 Å². The van der Waals surface area contributed by atoms with Crippen molar-refractivity contribution in [2.45, 2.75) is 6.61 Å². The van der Waals surface area contributed by atoms with Gasteiger partial charge in [-0.25, -0.2) is 4.39 Å². The molecule has 0 bridgehead atoms. The molecule has 0 saturated carbocycles. The van der Waals surface area contributed by atoms with Gasteiger partial charge in [-0.05, 0) is 36.4 Å². The highest BCUT2D eigenvalue weighted by molar-refractivity contribution is 5.37. The molecule has 0 fully saturated rings. The molecule has 0 unspecified atom stereocenters. The van der Waals surface area contributed by atoms with Gasteiger partial charge < -0.3 is 14.6 Å². The van der Waals surface area contributed by atoms with Crippen LogP contribution in [0.1, 0.15) is 11.1 Å². The fraction of sp³-hybridized carbons (Fsp3) is 0.176. The molecule has 0 aliphatic rings. The lowest BCUT2D eigenvalue weighted by atomic mass is 10.1. The van der Waals surface area contributed by atoms with Crippen LogP contribution in [0.15, 0.2) is 42.5 Å². The summed E-state index contributed by atoms with van der Waals surface area (Å²) in [6.07, 6.45) is 0. The average molecular weight is 286 g/mol. The van der Waals surface area contributed by atoms with Gasteiger partial charge in [-0.15, -0.1) is 0 Å². The molecule has 0 saturated heterocycles. The summed E-state index contributed by atoms with van der Waals surface area (Å²) in [7, 11) is 1.59. The van der Waals surface area contributed by atoms with Crippen LogP contribution in [0.2, 0.25) is 0 Å². The number of aliphatic hydroxyl groups excluding tert-OH is 1. The van der Waals surface area contributed by atoms with Crippen LogP contribution in [-0.4, -0.2) is 18.8 Å². The quantitative estimate of drug-likeness (QED) is 0.878. The van der Waals surface area contributed by atoms with E-state index in [1.165, 1.54) is 6.07 Å². The Balaban J connectivity index is 2.02. The van der Waals surface area contributed by atoms with Crippen LogP contribution in [-0.2, 0) is 6.61 Å². The molecule has 0 atom stereocenters. The minimum absolute atomic E-state index is 0.131. The molecule has 2 rings (SSSR count). The molecule has 0 aromatic heterocycles. The maximum Gasteiger partial charge on any atom is 0.131 e. The second-order valence-electron chi connectivity index (χ2n) is 4.23. The molecule has 1 N–H and O–H groups in total. The van der Waals surface area contributed by atoms with E-state index in [1.807, 2.05) is 0 Å². The largest absolute Gasteiger partial charge is 0.497 e. The molecular formula is C17H15FO3. The zero-order chi connectivity index (χ0) is 15.1. The summed E-state index contributed by atoms with van der Waals surface area (Å²) in [5, 5.41) is 8.60. The van der Waals surface area contributed by atoms with E-state index >= 15 is 0 Å². The standard InChI is InChI=1S/C17H15FO3/c1-20-15-6-8-16(9-7-15)21-12-14-5-4-13(3-2-10-19)11-17(14)18/h4-9,11,19H,10,12H2,1H3. The van der Waals surface area contributed by atoms with Crippen molar-refractivity contribution in [3.8, 4) is 23.3 Å². The topological polar surface area (TPSA) is 38.7 Å². The summed E-state index contributed by atoms with van der Waals surface area (Å²) in [6, 6.07) is 11.7. The molecule has 0 aliphatic heterocycles. The number of aliphatic hydroxyl groups is 1. The van der Waals surface area contributed by atoms with Crippen molar-refractivity contribution in [3.05, 3.63) is 59.4 Å². The number of hydrogen-bond acceptors (Lipinski definition) is 3. The number of ether oxygens (including phenoxy) is 2. The zero-order valence-corrected chi connectivity index (χ0v) is 11.6. The smallest absolute Gasteiger partial charge is 0.131 e. The van der Waals surface area contributed by atoms with E-state index in [9.17, 15) is 4.39 Å². The van der Waals surface area contributed by atoms with Crippen LogP contribution in [0.25, 0.3) is 0 Å². The van der Waals surface area contributed by atoms with Gasteiger partial charge in [-0.1, -0.05) is 17.9 Å². The number of hydrogen-bond donors (Lipinski definition) is 1. The van der Waals surface area contributed by atoms with Crippen LogP contribution >= 0.6 is 0 Å². The van der Waals surface area contributed by atoms with Gasteiger partial charge in [0, 0.05) is 11.1 Å². The summed E-state index contributed by atoms with van der Waals surface area (Å²) in [4.78, 5) is 0. The van der Waals surface area contributed by atoms with E-state index in [2.05, 4.69) is 11.8 Å². The van der Waals surface area contributed by atoms with Gasteiger partial charge in [0.1, 0.15) is 30.5 Å². The predicted molar refractivity (Wildman–Crippen MR) is 77.7 cm³/mol. The lowest BCUT2D eigenvalue weighted by molar-refractivity contribution is 0.299. The Kier molecular flexibility index (Phi) is 5.19. The summed E-state index contributed by atoms with van der Waals surface area (Å²) < 4.78 is 24.4. The molecule has 0 heterocycles. The maximum atomic E-state index is 13.9. The molecule has 0 amide bonds. The second kappa shape index (κ2) is 7.32. The van der Waals surface area contributed by atoms with Crippen LogP contribution in [0.5, 0.6) is 11.5 Å². The third-order valence-corrected chi connectivity index (χ3v) is 2.82. The monoisotopic (exact) mass is 286 g/mol. The van der Waals surface area contributed by atoms with E-state index < -0.39 is 0 Å². The highest BCUT2D eigenvalue weighted by atomic mass is 19.1. The Morgan fingerprint density at radius 1 is 1.10 bits per heavy atom. The minimum atomic E-state index is -0.381. The lowest BCUT2D eigenvalue weighted by Crippen LogP contribution is -1.99. The van der Waals surface area contributed by atoms with Crippen LogP contribution in [0.3, 0.4) is 0 Å². The predicted octanol–water partition coefficient (Wildman–Crippen LogP) is 2.76. The molecular weight excluding hydrogens is 271 g/mol. The van der Waals surface area contributed by atoms with E-state index in [0.717, 1.165) is 5.75 Å². The van der Waals surface area contributed by atoms with Crippen molar-refractivity contribution in [1.82, 2.24) is 0 Å². The molecule has 3 nitrogen and oxygen atoms in total. The lowest BCUT2D eigenvalue weighted by Gasteiger charge is -2.08. The van der Waals surface area contributed by atoms with Crippen LogP contribution in [0, 0.1) is 17.7 Å². The molecule has 0 aliphatic carbocycles. The van der Waals surface area contributed by atoms with Crippen molar-refractivity contribution in [3.63, 3.8) is 0 Å². The van der Waals surface area contributed by atoms with Gasteiger partial charge in [0.15, 0.2) is 0 Å². The van der Waals surface area contributed by atoms with E-state index in [1.54, 1.807) is 43.5 Å². The van der Waals surface area contributed by atoms with Crippen LogP contribution in [0.4, 0.5) is 4.39 Å². The van der Waals surface area contributed by atoms with Gasteiger partial charge >= 0.3 is 0 Å². The van der Waals surface area contributed by atoms with E-state index in [0.29, 0.717) is 16.9 Å². The maximum absolute atomic E-state index is 13.9. The van der Waals surface area contributed by atoms with Crippen molar-refractivity contribution in [2.24, 2.45) is 0 Å². The third kappa shape index (κ3) is 4.23. The Morgan fingerprint density at radius 2 is 1.81 bits per heavy atom. The first-order valence-corrected chi connectivity index (χ1v) is 6.38. The molecule has 2 aromatic rings. The molecule has 2 aromatic carbocycles. The van der Waals surface area contributed by atoms with Gasteiger partial charge in [0.05, 0.1) is 7.11 Å². The van der Waals surface area contributed by atoms with Gasteiger partial charge in [-0.2, -0.15) is 0 Å². The summed E-state index contributed by atoms with van der Waals surface area (Å²) in [6.45, 7) is -0.115. The Bertz CT molecular complexity index is 654. The number of benzene rings is 2. The molecule has 0 radical (unpaired) electrons. The Hall–Kier alpha value is -2.51. The third-order valence-electron chi connectivity index (χ3n) is 2.82. The van der Waals surface area contributed by atoms with Crippen molar-refractivity contribution in [2.75, 3.05) is 13.7 Å². The van der Waals surface area contributed by atoms with Crippen LogP contribution < -0.4 is 9.47 Å². The molecule has 21 heavy (non-hydrogen) atoms. The first kappa shape index (κ1) is 14.9. The number of rotatable bonds is 4. The van der Waals surface area contributed by atoms with Gasteiger partial charge in [-0.3, -0.25) is 0 Å². The minimum Gasteiger partial charge on any atom is -0.497 e. The highest BCUT2D eigenvalue weighted by Crippen LogP contribution is 2.19. The Morgan fingerprint density at radius 3 is 2.43 bits per heavy atom. The highest BCUT2D eigenvalue weighted by Gasteiger charge is 2.04. The fourth-order valence-corrected chi connectivity index (χ4v) is 1.72. The average Bonchev–Trinajstić information content (AvgIpc) is 2.52. The van der Waals surface area contributed by atoms with Crippen molar-refractivity contribution >= 4 is 0 Å². The zero-order valence-electron chi connectivity index (χ0n) is 11.6. The number of halogens is 1. The van der Waals surface area contributed by atoms with E-state index in [4.69, 9.17) is 14.6 Å². The summed E-state index contributed by atoms with van der Waals surface area (Å²) >= 11 is 0.